The quantitative estimate of drug-likeness (QED) is 0.731. The molecule has 0 fully saturated rings. The number of hydrogen-bond donors (Lipinski definition) is 0. The third-order valence-corrected chi connectivity index (χ3v) is 2.72. The minimum absolute atomic E-state index is 0.797. The molecule has 66 valence electrons. The van der Waals surface area contributed by atoms with E-state index in [4.69, 9.17) is 0 Å². The zero-order chi connectivity index (χ0) is 8.97. The lowest BCUT2D eigenvalue weighted by molar-refractivity contribution is 0.560. The largest absolute Gasteiger partial charge is 0.0651 e. The van der Waals surface area contributed by atoms with E-state index in [0.717, 1.165) is 10.4 Å². The summed E-state index contributed by atoms with van der Waals surface area (Å²) in [4.78, 5) is 0. The maximum Gasteiger partial charge on any atom is 0.0175 e. The van der Waals surface area contributed by atoms with Gasteiger partial charge in [-0.15, -0.1) is 0 Å². The van der Waals surface area contributed by atoms with Crippen LogP contribution in [-0.2, 0) is 6.42 Å². The van der Waals surface area contributed by atoms with Crippen molar-refractivity contribution in [3.8, 4) is 0 Å². The average Bonchev–Trinajstić information content (AvgIpc) is 2.09. The molecule has 1 aromatic rings. The molecule has 0 N–H and O–H groups in total. The molecule has 1 aromatic carbocycles. The first-order valence-electron chi connectivity index (χ1n) is 4.46. The van der Waals surface area contributed by atoms with Crippen molar-refractivity contribution in [3.63, 3.8) is 0 Å². The summed E-state index contributed by atoms with van der Waals surface area (Å²) in [6.45, 7) is 4.53. The van der Waals surface area contributed by atoms with Crippen LogP contribution in [0.25, 0.3) is 0 Å². The Balaban J connectivity index is 2.58. The van der Waals surface area contributed by atoms with E-state index in [9.17, 15) is 0 Å². The monoisotopic (exact) mass is 226 g/mol. The lowest BCUT2D eigenvalue weighted by Gasteiger charge is -2.07. The number of halogens is 1. The Labute approximate surface area is 83.1 Å². The standard InChI is InChI=1S/C11H15Br/c1-3-9(2)8-10-4-6-11(12)7-5-10/h4-7,9H,3,8H2,1-2H3. The molecule has 0 bridgehead atoms. The second-order valence-corrected chi connectivity index (χ2v) is 4.26. The maximum atomic E-state index is 3.43. The van der Waals surface area contributed by atoms with Crippen molar-refractivity contribution in [3.05, 3.63) is 34.3 Å². The van der Waals surface area contributed by atoms with E-state index in [1.807, 2.05) is 0 Å². The summed E-state index contributed by atoms with van der Waals surface area (Å²) in [7, 11) is 0. The van der Waals surface area contributed by atoms with Gasteiger partial charge in [0.1, 0.15) is 0 Å². The van der Waals surface area contributed by atoms with Crippen molar-refractivity contribution in [1.82, 2.24) is 0 Å². The molecular formula is C11H15Br. The van der Waals surface area contributed by atoms with Crippen LogP contribution >= 0.6 is 15.9 Å². The van der Waals surface area contributed by atoms with Gasteiger partial charge >= 0.3 is 0 Å². The Morgan fingerprint density at radius 1 is 1.25 bits per heavy atom. The summed E-state index contributed by atoms with van der Waals surface area (Å²) in [5.41, 5.74) is 1.44. The molecular weight excluding hydrogens is 212 g/mol. The summed E-state index contributed by atoms with van der Waals surface area (Å²) in [6.07, 6.45) is 2.46. The van der Waals surface area contributed by atoms with Gasteiger partial charge in [-0.3, -0.25) is 0 Å². The zero-order valence-electron chi connectivity index (χ0n) is 7.68. The van der Waals surface area contributed by atoms with Crippen LogP contribution in [0, 0.1) is 5.92 Å². The normalized spacial score (nSPS) is 12.9. The number of rotatable bonds is 3. The molecule has 0 heterocycles. The minimum Gasteiger partial charge on any atom is -0.0651 e. The van der Waals surface area contributed by atoms with Crippen molar-refractivity contribution in [2.75, 3.05) is 0 Å². The molecule has 0 amide bonds. The molecule has 1 atom stereocenters. The summed E-state index contributed by atoms with van der Waals surface area (Å²) >= 11 is 3.43. The fourth-order valence-electron chi connectivity index (χ4n) is 1.17. The lowest BCUT2D eigenvalue weighted by Crippen LogP contribution is -1.96. The van der Waals surface area contributed by atoms with Crippen LogP contribution in [0.3, 0.4) is 0 Å². The van der Waals surface area contributed by atoms with Crippen molar-refractivity contribution < 1.29 is 0 Å². The summed E-state index contributed by atoms with van der Waals surface area (Å²) in [6, 6.07) is 8.60. The molecule has 0 aliphatic carbocycles. The second kappa shape index (κ2) is 4.66. The fourth-order valence-corrected chi connectivity index (χ4v) is 1.43. The van der Waals surface area contributed by atoms with E-state index in [1.165, 1.54) is 18.4 Å². The molecule has 0 saturated heterocycles. The summed E-state index contributed by atoms with van der Waals surface area (Å²) in [5, 5.41) is 0. The lowest BCUT2D eigenvalue weighted by atomic mass is 9.99. The van der Waals surface area contributed by atoms with Gasteiger partial charge in [-0.2, -0.15) is 0 Å². The van der Waals surface area contributed by atoms with Crippen molar-refractivity contribution >= 4 is 15.9 Å². The van der Waals surface area contributed by atoms with Crippen LogP contribution in [0.4, 0.5) is 0 Å². The van der Waals surface area contributed by atoms with Crippen LogP contribution in [0.1, 0.15) is 25.8 Å². The predicted molar refractivity (Wildman–Crippen MR) is 57.3 cm³/mol. The topological polar surface area (TPSA) is 0 Å². The number of hydrogen-bond acceptors (Lipinski definition) is 0. The van der Waals surface area contributed by atoms with E-state index < -0.39 is 0 Å². The van der Waals surface area contributed by atoms with Crippen LogP contribution in [-0.4, -0.2) is 0 Å². The first-order valence-corrected chi connectivity index (χ1v) is 5.26. The van der Waals surface area contributed by atoms with E-state index in [1.54, 1.807) is 0 Å². The van der Waals surface area contributed by atoms with Crippen LogP contribution in [0.5, 0.6) is 0 Å². The van der Waals surface area contributed by atoms with Gasteiger partial charge in [-0.1, -0.05) is 48.3 Å². The van der Waals surface area contributed by atoms with E-state index in [-0.39, 0.29) is 0 Å². The van der Waals surface area contributed by atoms with Crippen LogP contribution < -0.4 is 0 Å². The van der Waals surface area contributed by atoms with Crippen LogP contribution in [0.2, 0.25) is 0 Å². The van der Waals surface area contributed by atoms with Crippen molar-refractivity contribution in [1.29, 1.82) is 0 Å². The third-order valence-electron chi connectivity index (χ3n) is 2.19. The smallest absolute Gasteiger partial charge is 0.0175 e. The highest BCUT2D eigenvalue weighted by molar-refractivity contribution is 9.10. The van der Waals surface area contributed by atoms with Gasteiger partial charge in [-0.25, -0.2) is 0 Å². The first-order chi connectivity index (χ1) is 5.72. The highest BCUT2D eigenvalue weighted by atomic mass is 79.9. The van der Waals surface area contributed by atoms with Gasteiger partial charge in [0.05, 0.1) is 0 Å². The van der Waals surface area contributed by atoms with Gasteiger partial charge in [0.15, 0.2) is 0 Å². The van der Waals surface area contributed by atoms with Gasteiger partial charge in [0, 0.05) is 4.47 Å². The zero-order valence-corrected chi connectivity index (χ0v) is 9.26. The Morgan fingerprint density at radius 3 is 2.33 bits per heavy atom. The van der Waals surface area contributed by atoms with E-state index >= 15 is 0 Å². The summed E-state index contributed by atoms with van der Waals surface area (Å²) in [5.74, 6) is 0.797. The molecule has 0 aliphatic rings. The number of benzene rings is 1. The fraction of sp³-hybridized carbons (Fsp3) is 0.455. The van der Waals surface area contributed by atoms with E-state index in [2.05, 4.69) is 54.0 Å². The van der Waals surface area contributed by atoms with Crippen molar-refractivity contribution in [2.24, 2.45) is 5.92 Å². The van der Waals surface area contributed by atoms with Crippen molar-refractivity contribution in [2.45, 2.75) is 26.7 Å². The SMILES string of the molecule is CCC(C)Cc1ccc(Br)cc1. The maximum absolute atomic E-state index is 3.43. The molecule has 1 unspecified atom stereocenters. The first kappa shape index (κ1) is 9.79. The molecule has 1 heteroatoms. The average molecular weight is 227 g/mol. The van der Waals surface area contributed by atoms with Gasteiger partial charge < -0.3 is 0 Å². The van der Waals surface area contributed by atoms with E-state index in [0.29, 0.717) is 0 Å². The Bertz CT molecular complexity index is 225. The molecule has 0 saturated carbocycles. The molecule has 1 rings (SSSR count). The van der Waals surface area contributed by atoms with Crippen LogP contribution in [0.15, 0.2) is 28.7 Å². The Morgan fingerprint density at radius 2 is 1.83 bits per heavy atom. The van der Waals surface area contributed by atoms with Gasteiger partial charge in [0.25, 0.3) is 0 Å². The molecule has 0 radical (unpaired) electrons. The molecule has 0 aromatic heterocycles. The molecule has 0 aliphatic heterocycles. The van der Waals surface area contributed by atoms with Gasteiger partial charge in [-0.05, 0) is 30.0 Å². The Hall–Kier alpha value is -0.300. The minimum atomic E-state index is 0.797. The molecule has 12 heavy (non-hydrogen) atoms. The Kier molecular flexibility index (Phi) is 3.80. The molecule has 0 spiro atoms. The predicted octanol–water partition coefficient (Wildman–Crippen LogP) is 4.04. The van der Waals surface area contributed by atoms with Gasteiger partial charge in [0.2, 0.25) is 0 Å². The third kappa shape index (κ3) is 2.98. The highest BCUT2D eigenvalue weighted by Crippen LogP contribution is 2.14. The molecule has 0 nitrogen and oxygen atoms in total. The summed E-state index contributed by atoms with van der Waals surface area (Å²) < 4.78 is 1.16. The highest BCUT2D eigenvalue weighted by Gasteiger charge is 1.99. The second-order valence-electron chi connectivity index (χ2n) is 3.34.